The Labute approximate surface area is 202 Å². The minimum Gasteiger partial charge on any atom is -0.461 e. The summed E-state index contributed by atoms with van der Waals surface area (Å²) in [4.78, 5) is 10.6. The summed E-state index contributed by atoms with van der Waals surface area (Å²) in [5.74, 6) is -0.322. The van der Waals surface area contributed by atoms with Crippen LogP contribution >= 0.6 is 108 Å². The van der Waals surface area contributed by atoms with Crippen LogP contribution in [0.3, 0.4) is 0 Å². The first-order valence-corrected chi connectivity index (χ1v) is 11.4. The maximum atomic E-state index is 10.6. The van der Waals surface area contributed by atoms with Crippen LogP contribution in [0.15, 0.2) is 24.3 Å². The summed E-state index contributed by atoms with van der Waals surface area (Å²) in [5.41, 5.74) is 1.95. The molecule has 2 rings (SSSR count). The van der Waals surface area contributed by atoms with E-state index in [-0.39, 0.29) is 12.6 Å². The van der Waals surface area contributed by atoms with Gasteiger partial charge in [0.25, 0.3) is 0 Å². The number of carbonyl (C=O) groups is 1. The van der Waals surface area contributed by atoms with Crippen LogP contribution in [0.5, 0.6) is 0 Å². The Bertz CT molecular complexity index is 772. The van der Waals surface area contributed by atoms with Crippen molar-refractivity contribution in [1.29, 1.82) is 0 Å². The molecule has 9 heteroatoms. The van der Waals surface area contributed by atoms with Crippen LogP contribution in [0.4, 0.5) is 0 Å². The summed E-state index contributed by atoms with van der Waals surface area (Å²) in [5, 5.41) is 3.29. The van der Waals surface area contributed by atoms with Gasteiger partial charge in [-0.05, 0) is 75.0 Å². The number of hydrogen-bond acceptors (Lipinski definition) is 2. The zero-order chi connectivity index (χ0) is 19.1. The zero-order valence-corrected chi connectivity index (χ0v) is 21.6. The summed E-state index contributed by atoms with van der Waals surface area (Å²) >= 11 is 31.0. The SMILES string of the molecule is CC(=O)OCc1cc(Cl)cc(Cl)c1I.Clc1cc(Cl)c(I)c(CBr)c1. The van der Waals surface area contributed by atoms with Gasteiger partial charge in [0.05, 0.1) is 10.0 Å². The number of carbonyl (C=O) groups excluding carboxylic acids is 1. The van der Waals surface area contributed by atoms with Crippen molar-refractivity contribution in [3.63, 3.8) is 0 Å². The molecule has 0 bridgehead atoms. The van der Waals surface area contributed by atoms with E-state index in [2.05, 4.69) is 61.1 Å². The molecule has 0 radical (unpaired) electrons. The van der Waals surface area contributed by atoms with Crippen LogP contribution in [-0.4, -0.2) is 5.97 Å². The van der Waals surface area contributed by atoms with Crippen LogP contribution in [0.1, 0.15) is 18.1 Å². The molecule has 0 N–H and O–H groups in total. The fraction of sp³-hybridized carbons (Fsp3) is 0.188. The normalized spacial score (nSPS) is 10.1. The summed E-state index contributed by atoms with van der Waals surface area (Å²) in [7, 11) is 0. The molecule has 0 unspecified atom stereocenters. The highest BCUT2D eigenvalue weighted by molar-refractivity contribution is 14.1. The number of rotatable bonds is 3. The minimum absolute atomic E-state index is 0.202. The first-order chi connectivity index (χ1) is 11.6. The predicted molar refractivity (Wildman–Crippen MR) is 126 cm³/mol. The highest BCUT2D eigenvalue weighted by atomic mass is 127. The highest BCUT2D eigenvalue weighted by Gasteiger charge is 2.07. The second-order valence-electron chi connectivity index (χ2n) is 4.64. The first kappa shape index (κ1) is 24.0. The summed E-state index contributed by atoms with van der Waals surface area (Å²) in [6.45, 7) is 1.56. The lowest BCUT2D eigenvalue weighted by Crippen LogP contribution is -2.00. The van der Waals surface area contributed by atoms with Gasteiger partial charge in [-0.1, -0.05) is 62.3 Å². The van der Waals surface area contributed by atoms with Gasteiger partial charge in [-0.15, -0.1) is 0 Å². The second kappa shape index (κ2) is 11.8. The molecule has 25 heavy (non-hydrogen) atoms. The van der Waals surface area contributed by atoms with Crippen molar-refractivity contribution in [2.75, 3.05) is 0 Å². The molecule has 136 valence electrons. The number of ether oxygens (including phenoxy) is 1. The lowest BCUT2D eigenvalue weighted by Gasteiger charge is -2.07. The quantitative estimate of drug-likeness (QED) is 0.139. The second-order valence-corrected chi connectivity index (χ2v) is 9.04. The molecule has 2 aromatic carbocycles. The summed E-state index contributed by atoms with van der Waals surface area (Å²) < 4.78 is 6.77. The number of alkyl halides is 1. The standard InChI is InChI=1S/C9H7Cl2IO2.C7H4BrCl2I/c1-5(13)14-4-6-2-7(10)3-8(11)9(6)12;8-3-4-1-5(9)2-6(10)7(4)11/h2-3H,4H2,1H3;1-2H,3H2. The molecule has 0 aliphatic heterocycles. The van der Waals surface area contributed by atoms with Crippen molar-refractivity contribution in [3.05, 3.63) is 62.6 Å². The third-order valence-corrected chi connectivity index (χ3v) is 7.53. The van der Waals surface area contributed by atoms with E-state index in [1.165, 1.54) is 6.92 Å². The molecule has 0 fully saturated rings. The zero-order valence-electron chi connectivity index (χ0n) is 12.7. The largest absolute Gasteiger partial charge is 0.461 e. The van der Waals surface area contributed by atoms with Crippen LogP contribution < -0.4 is 0 Å². The number of esters is 1. The van der Waals surface area contributed by atoms with Crippen LogP contribution in [-0.2, 0) is 21.5 Å². The summed E-state index contributed by atoms with van der Waals surface area (Å²) in [6.07, 6.45) is 0. The van der Waals surface area contributed by atoms with Crippen molar-refractivity contribution in [2.45, 2.75) is 18.9 Å². The fourth-order valence-corrected chi connectivity index (χ4v) is 4.61. The van der Waals surface area contributed by atoms with E-state index in [0.717, 1.165) is 23.6 Å². The first-order valence-electron chi connectivity index (χ1n) is 6.61. The van der Waals surface area contributed by atoms with Crippen molar-refractivity contribution in [3.8, 4) is 0 Å². The maximum absolute atomic E-state index is 10.6. The molecule has 0 aliphatic carbocycles. The summed E-state index contributed by atoms with van der Waals surface area (Å²) in [6, 6.07) is 7.04. The molecule has 0 atom stereocenters. The highest BCUT2D eigenvalue weighted by Crippen LogP contribution is 2.28. The number of halogens is 7. The van der Waals surface area contributed by atoms with E-state index < -0.39 is 0 Å². The van der Waals surface area contributed by atoms with Crippen molar-refractivity contribution in [1.82, 2.24) is 0 Å². The van der Waals surface area contributed by atoms with Gasteiger partial charge in [0.1, 0.15) is 6.61 Å². The topological polar surface area (TPSA) is 26.3 Å². The molecule has 0 amide bonds. The van der Waals surface area contributed by atoms with Crippen LogP contribution in [0.2, 0.25) is 20.1 Å². The van der Waals surface area contributed by atoms with Crippen LogP contribution in [0, 0.1) is 7.14 Å². The van der Waals surface area contributed by atoms with E-state index in [1.54, 1.807) is 18.2 Å². The van der Waals surface area contributed by atoms with E-state index in [0.29, 0.717) is 20.1 Å². The van der Waals surface area contributed by atoms with E-state index in [9.17, 15) is 4.79 Å². The Morgan fingerprint density at radius 2 is 1.40 bits per heavy atom. The van der Waals surface area contributed by atoms with E-state index in [4.69, 9.17) is 51.1 Å². The third-order valence-electron chi connectivity index (χ3n) is 2.71. The number of benzene rings is 2. The van der Waals surface area contributed by atoms with Gasteiger partial charge in [-0.25, -0.2) is 0 Å². The average molecular weight is 711 g/mol. The van der Waals surface area contributed by atoms with Gasteiger partial charge in [-0.2, -0.15) is 0 Å². The molecule has 0 saturated heterocycles. The van der Waals surface area contributed by atoms with Crippen LogP contribution in [0.25, 0.3) is 0 Å². The Morgan fingerprint density at radius 3 is 1.84 bits per heavy atom. The minimum atomic E-state index is -0.322. The monoisotopic (exact) mass is 708 g/mol. The van der Waals surface area contributed by atoms with Gasteiger partial charge in [0.15, 0.2) is 0 Å². The predicted octanol–water partition coefficient (Wildman–Crippen LogP) is 8.15. The molecule has 0 spiro atoms. The Kier molecular flexibility index (Phi) is 11.3. The number of hydrogen-bond donors (Lipinski definition) is 0. The average Bonchev–Trinajstić information content (AvgIpc) is 2.53. The van der Waals surface area contributed by atoms with Gasteiger partial charge in [0, 0.05) is 35.0 Å². The molecule has 2 aromatic rings. The van der Waals surface area contributed by atoms with Gasteiger partial charge >= 0.3 is 5.97 Å². The molecular weight excluding hydrogens is 700 g/mol. The molecule has 0 aromatic heterocycles. The molecule has 2 nitrogen and oxygen atoms in total. The van der Waals surface area contributed by atoms with E-state index in [1.807, 2.05) is 6.07 Å². The van der Waals surface area contributed by atoms with E-state index >= 15 is 0 Å². The van der Waals surface area contributed by atoms with Gasteiger partial charge in [-0.3, -0.25) is 4.79 Å². The lowest BCUT2D eigenvalue weighted by atomic mass is 10.2. The Balaban J connectivity index is 0.000000257. The maximum Gasteiger partial charge on any atom is 0.302 e. The molecule has 0 heterocycles. The Morgan fingerprint density at radius 1 is 0.960 bits per heavy atom. The molecule has 0 saturated carbocycles. The lowest BCUT2D eigenvalue weighted by molar-refractivity contribution is -0.142. The Hall–Kier alpha value is 1.01. The van der Waals surface area contributed by atoms with Crippen molar-refractivity contribution in [2.24, 2.45) is 0 Å². The van der Waals surface area contributed by atoms with Gasteiger partial charge in [0.2, 0.25) is 0 Å². The molecule has 0 aliphatic rings. The van der Waals surface area contributed by atoms with Gasteiger partial charge < -0.3 is 4.74 Å². The molecular formula is C16H11BrCl4I2O2. The van der Waals surface area contributed by atoms with Crippen molar-refractivity contribution >= 4 is 113 Å². The fourth-order valence-electron chi connectivity index (χ4n) is 1.60. The third kappa shape index (κ3) is 8.27. The van der Waals surface area contributed by atoms with Crippen molar-refractivity contribution < 1.29 is 9.53 Å². The smallest absolute Gasteiger partial charge is 0.302 e.